The lowest BCUT2D eigenvalue weighted by Gasteiger charge is -2.39. The summed E-state index contributed by atoms with van der Waals surface area (Å²) in [6.07, 6.45) is 2.30. The SMILES string of the molecule is N#CC1(C2(C(N)=O)CCCC(F)C2)CC1. The number of nitrogens with two attached hydrogens (primary N) is 1. The van der Waals surface area contributed by atoms with Crippen molar-refractivity contribution >= 4 is 5.91 Å². The largest absolute Gasteiger partial charge is 0.369 e. The number of hydrogen-bond donors (Lipinski definition) is 1. The van der Waals surface area contributed by atoms with E-state index in [1.807, 2.05) is 0 Å². The number of rotatable bonds is 2. The molecule has 2 rings (SSSR count). The molecule has 2 fully saturated rings. The van der Waals surface area contributed by atoms with Crippen LogP contribution < -0.4 is 5.73 Å². The molecule has 0 spiro atoms. The molecule has 1 amide bonds. The smallest absolute Gasteiger partial charge is 0.225 e. The second-order valence-electron chi connectivity index (χ2n) is 4.83. The minimum absolute atomic E-state index is 0.149. The Balaban J connectivity index is 2.33. The van der Waals surface area contributed by atoms with Gasteiger partial charge in [-0.05, 0) is 38.5 Å². The molecule has 2 atom stereocenters. The third-order valence-corrected chi connectivity index (χ3v) is 4.04. The topological polar surface area (TPSA) is 66.9 Å². The monoisotopic (exact) mass is 210 g/mol. The fourth-order valence-electron chi connectivity index (χ4n) is 2.92. The molecule has 0 aliphatic heterocycles. The number of amides is 1. The maximum Gasteiger partial charge on any atom is 0.225 e. The third kappa shape index (κ3) is 1.33. The van der Waals surface area contributed by atoms with Crippen LogP contribution in [0.3, 0.4) is 0 Å². The lowest BCUT2D eigenvalue weighted by atomic mass is 9.63. The van der Waals surface area contributed by atoms with E-state index < -0.39 is 22.9 Å². The zero-order valence-electron chi connectivity index (χ0n) is 8.63. The zero-order valence-corrected chi connectivity index (χ0v) is 8.63. The molecular formula is C11H15FN2O. The van der Waals surface area contributed by atoms with Crippen LogP contribution in [-0.2, 0) is 4.79 Å². The molecule has 15 heavy (non-hydrogen) atoms. The molecule has 0 saturated heterocycles. The van der Waals surface area contributed by atoms with Crippen molar-refractivity contribution < 1.29 is 9.18 Å². The van der Waals surface area contributed by atoms with Crippen LogP contribution in [0.15, 0.2) is 0 Å². The number of nitrogens with zero attached hydrogens (tertiary/aromatic N) is 1. The highest BCUT2D eigenvalue weighted by molar-refractivity contribution is 5.83. The van der Waals surface area contributed by atoms with Gasteiger partial charge in [0.25, 0.3) is 0 Å². The molecule has 0 radical (unpaired) electrons. The number of halogens is 1. The lowest BCUT2D eigenvalue weighted by molar-refractivity contribution is -0.134. The van der Waals surface area contributed by atoms with Crippen LogP contribution in [-0.4, -0.2) is 12.1 Å². The first-order valence-corrected chi connectivity index (χ1v) is 5.42. The van der Waals surface area contributed by atoms with Crippen LogP contribution in [0.25, 0.3) is 0 Å². The highest BCUT2D eigenvalue weighted by Crippen LogP contribution is 2.63. The number of hydrogen-bond acceptors (Lipinski definition) is 2. The van der Waals surface area contributed by atoms with Gasteiger partial charge in [0.2, 0.25) is 5.91 Å². The molecule has 3 nitrogen and oxygen atoms in total. The average molecular weight is 210 g/mol. The number of primary amides is 1. The summed E-state index contributed by atoms with van der Waals surface area (Å²) in [7, 11) is 0. The van der Waals surface area contributed by atoms with Crippen LogP contribution in [0.4, 0.5) is 4.39 Å². The molecule has 0 aromatic rings. The Labute approximate surface area is 88.4 Å². The number of alkyl halides is 1. The lowest BCUT2D eigenvalue weighted by Crippen LogP contribution is -2.47. The van der Waals surface area contributed by atoms with Gasteiger partial charge in [-0.2, -0.15) is 5.26 Å². The molecule has 2 unspecified atom stereocenters. The summed E-state index contributed by atoms with van der Waals surface area (Å²) in [4.78, 5) is 11.6. The number of carbonyl (C=O) groups excluding carboxylic acids is 1. The van der Waals surface area contributed by atoms with Gasteiger partial charge in [-0.15, -0.1) is 0 Å². The molecule has 82 valence electrons. The minimum Gasteiger partial charge on any atom is -0.369 e. The predicted octanol–water partition coefficient (Wildman–Crippen LogP) is 1.67. The van der Waals surface area contributed by atoms with Gasteiger partial charge < -0.3 is 5.73 Å². The maximum absolute atomic E-state index is 13.4. The van der Waals surface area contributed by atoms with Crippen LogP contribution in [0.1, 0.15) is 38.5 Å². The molecule has 2 aliphatic rings. The van der Waals surface area contributed by atoms with Crippen molar-refractivity contribution in [1.29, 1.82) is 5.26 Å². The van der Waals surface area contributed by atoms with Gasteiger partial charge in [0.15, 0.2) is 0 Å². The Morgan fingerprint density at radius 3 is 2.53 bits per heavy atom. The van der Waals surface area contributed by atoms with E-state index in [9.17, 15) is 9.18 Å². The van der Waals surface area contributed by atoms with E-state index in [4.69, 9.17) is 11.0 Å². The van der Waals surface area contributed by atoms with E-state index >= 15 is 0 Å². The standard InChI is InChI=1S/C11H15FN2O/c12-8-2-1-3-11(6-8,9(14)15)10(7-13)4-5-10/h8H,1-6H2,(H2,14,15). The Kier molecular flexibility index (Phi) is 2.22. The van der Waals surface area contributed by atoms with Gasteiger partial charge in [0.05, 0.1) is 16.9 Å². The summed E-state index contributed by atoms with van der Waals surface area (Å²) in [5, 5.41) is 9.13. The quantitative estimate of drug-likeness (QED) is 0.753. The Hall–Kier alpha value is -1.11. The highest BCUT2D eigenvalue weighted by atomic mass is 19.1. The summed E-state index contributed by atoms with van der Waals surface area (Å²) in [6, 6.07) is 2.20. The van der Waals surface area contributed by atoms with Crippen molar-refractivity contribution in [2.24, 2.45) is 16.6 Å². The average Bonchev–Trinajstić information content (AvgIpc) is 2.98. The zero-order chi connectivity index (χ0) is 11.1. The Morgan fingerprint density at radius 2 is 2.13 bits per heavy atom. The van der Waals surface area contributed by atoms with Gasteiger partial charge in [-0.3, -0.25) is 4.79 Å². The van der Waals surface area contributed by atoms with Crippen molar-refractivity contribution in [1.82, 2.24) is 0 Å². The van der Waals surface area contributed by atoms with Crippen molar-refractivity contribution in [2.75, 3.05) is 0 Å². The van der Waals surface area contributed by atoms with Gasteiger partial charge >= 0.3 is 0 Å². The van der Waals surface area contributed by atoms with E-state index in [0.29, 0.717) is 32.1 Å². The van der Waals surface area contributed by atoms with Crippen molar-refractivity contribution in [3.63, 3.8) is 0 Å². The maximum atomic E-state index is 13.4. The van der Waals surface area contributed by atoms with E-state index in [0.717, 1.165) is 0 Å². The van der Waals surface area contributed by atoms with Crippen molar-refractivity contribution in [3.8, 4) is 6.07 Å². The third-order valence-electron chi connectivity index (χ3n) is 4.04. The normalized spacial score (nSPS) is 38.0. The molecule has 0 aromatic heterocycles. The van der Waals surface area contributed by atoms with Crippen LogP contribution >= 0.6 is 0 Å². The summed E-state index contributed by atoms with van der Waals surface area (Å²) in [6.45, 7) is 0. The van der Waals surface area contributed by atoms with Crippen LogP contribution in [0, 0.1) is 22.2 Å². The van der Waals surface area contributed by atoms with Crippen LogP contribution in [0.2, 0.25) is 0 Å². The van der Waals surface area contributed by atoms with Crippen LogP contribution in [0.5, 0.6) is 0 Å². The minimum atomic E-state index is -0.975. The highest BCUT2D eigenvalue weighted by Gasteiger charge is 2.64. The predicted molar refractivity (Wildman–Crippen MR) is 52.3 cm³/mol. The fraction of sp³-hybridized carbons (Fsp3) is 0.818. The molecule has 0 bridgehead atoms. The Bertz CT molecular complexity index is 332. The first-order valence-electron chi connectivity index (χ1n) is 5.42. The van der Waals surface area contributed by atoms with Gasteiger partial charge in [0, 0.05) is 0 Å². The van der Waals surface area contributed by atoms with Crippen molar-refractivity contribution in [2.45, 2.75) is 44.7 Å². The second-order valence-corrected chi connectivity index (χ2v) is 4.83. The van der Waals surface area contributed by atoms with Gasteiger partial charge in [-0.1, -0.05) is 0 Å². The van der Waals surface area contributed by atoms with E-state index in [-0.39, 0.29) is 6.42 Å². The summed E-state index contributed by atoms with van der Waals surface area (Å²) < 4.78 is 13.4. The summed E-state index contributed by atoms with van der Waals surface area (Å²) >= 11 is 0. The molecule has 2 saturated carbocycles. The molecular weight excluding hydrogens is 195 g/mol. The number of carbonyl (C=O) groups is 1. The molecule has 0 aromatic carbocycles. The van der Waals surface area contributed by atoms with E-state index in [1.54, 1.807) is 0 Å². The van der Waals surface area contributed by atoms with Gasteiger partial charge in [0.1, 0.15) is 6.17 Å². The summed E-state index contributed by atoms with van der Waals surface area (Å²) in [5.74, 6) is -0.482. The Morgan fingerprint density at radius 1 is 1.47 bits per heavy atom. The van der Waals surface area contributed by atoms with Crippen molar-refractivity contribution in [3.05, 3.63) is 0 Å². The first-order chi connectivity index (χ1) is 7.06. The molecule has 2 N–H and O–H groups in total. The fourth-order valence-corrected chi connectivity index (χ4v) is 2.92. The first kappa shape index (κ1) is 10.4. The van der Waals surface area contributed by atoms with E-state index in [1.165, 1.54) is 0 Å². The van der Waals surface area contributed by atoms with Gasteiger partial charge in [-0.25, -0.2) is 4.39 Å². The summed E-state index contributed by atoms with van der Waals surface area (Å²) in [5.41, 5.74) is 3.87. The molecule has 4 heteroatoms. The number of nitriles is 1. The van der Waals surface area contributed by atoms with E-state index in [2.05, 4.69) is 6.07 Å². The second kappa shape index (κ2) is 3.19. The molecule has 0 heterocycles. The molecule has 2 aliphatic carbocycles.